The molecule has 1 aromatic rings. The van der Waals surface area contributed by atoms with Crippen molar-refractivity contribution in [3.8, 4) is 5.75 Å². The fraction of sp³-hybridized carbons (Fsp3) is 0.778. The number of aryl methyl sites for hydroxylation is 1. The van der Waals surface area contributed by atoms with Crippen LogP contribution in [0.1, 0.15) is 75.8 Å². The quantitative estimate of drug-likeness (QED) is 0.421. The van der Waals surface area contributed by atoms with Crippen LogP contribution >= 0.6 is 0 Å². The third-order valence-corrected chi connectivity index (χ3v) is 11.5. The van der Waals surface area contributed by atoms with Crippen LogP contribution in [0.3, 0.4) is 0 Å². The van der Waals surface area contributed by atoms with E-state index >= 15 is 0 Å². The lowest BCUT2D eigenvalue weighted by Crippen LogP contribution is -2.56. The topological polar surface area (TPSA) is 71.1 Å². The molecule has 0 N–H and O–H groups in total. The summed E-state index contributed by atoms with van der Waals surface area (Å²) >= 11 is 0. The summed E-state index contributed by atoms with van der Waals surface area (Å²) in [4.78, 5) is 0. The summed E-state index contributed by atoms with van der Waals surface area (Å²) in [5.74, 6) is 1.72. The van der Waals surface area contributed by atoms with E-state index in [1.54, 1.807) is 0 Å². The van der Waals surface area contributed by atoms with E-state index in [1.165, 1.54) is 56.1 Å². The molecule has 0 radical (unpaired) electrons. The van der Waals surface area contributed by atoms with E-state index in [9.17, 15) is 8.42 Å². The molecule has 6 rings (SSSR count). The van der Waals surface area contributed by atoms with E-state index in [2.05, 4.69) is 32.0 Å². The first-order chi connectivity index (χ1) is 16.1. The van der Waals surface area contributed by atoms with E-state index < -0.39 is 15.9 Å². The molecule has 4 fully saturated rings. The SMILES string of the molecule is CC1(C23CCC4(CC2)[C@@H]2CCc5cc(OCCOS(C)(=O)=O)ccc5[C@H]2CC[C@@]43C)OCCO1. The van der Waals surface area contributed by atoms with Crippen molar-refractivity contribution in [3.63, 3.8) is 0 Å². The molecule has 5 aliphatic rings. The van der Waals surface area contributed by atoms with Gasteiger partial charge in [0, 0.05) is 5.41 Å². The Morgan fingerprint density at radius 3 is 2.44 bits per heavy atom. The van der Waals surface area contributed by atoms with Gasteiger partial charge < -0.3 is 14.2 Å². The smallest absolute Gasteiger partial charge is 0.264 e. The second-order valence-corrected chi connectivity index (χ2v) is 13.4. The average molecular weight is 491 g/mol. The Kier molecular flexibility index (Phi) is 5.25. The average Bonchev–Trinajstić information content (AvgIpc) is 3.45. The largest absolute Gasteiger partial charge is 0.491 e. The molecular formula is C27H38O6S. The van der Waals surface area contributed by atoms with Crippen LogP contribution in [0.15, 0.2) is 18.2 Å². The second-order valence-electron chi connectivity index (χ2n) is 11.7. The lowest BCUT2D eigenvalue weighted by atomic mass is 9.46. The molecule has 4 aliphatic carbocycles. The number of hydrogen-bond donors (Lipinski definition) is 0. The first-order valence-corrected chi connectivity index (χ1v) is 14.8. The third kappa shape index (κ3) is 3.06. The lowest BCUT2D eigenvalue weighted by molar-refractivity contribution is -0.257. The molecule has 2 bridgehead atoms. The van der Waals surface area contributed by atoms with Crippen LogP contribution in [-0.2, 0) is 30.2 Å². The highest BCUT2D eigenvalue weighted by Gasteiger charge is 2.78. The summed E-state index contributed by atoms with van der Waals surface area (Å²) in [6.07, 6.45) is 11.0. The zero-order valence-electron chi connectivity index (χ0n) is 20.7. The maximum absolute atomic E-state index is 11.1. The molecule has 1 aromatic carbocycles. The van der Waals surface area contributed by atoms with Crippen LogP contribution < -0.4 is 4.74 Å². The maximum atomic E-state index is 11.1. The van der Waals surface area contributed by atoms with Gasteiger partial charge in [-0.25, -0.2) is 0 Å². The third-order valence-electron chi connectivity index (χ3n) is 10.9. The first-order valence-electron chi connectivity index (χ1n) is 13.0. The van der Waals surface area contributed by atoms with Crippen LogP contribution in [0.4, 0.5) is 0 Å². The van der Waals surface area contributed by atoms with Gasteiger partial charge in [-0.3, -0.25) is 4.18 Å². The Morgan fingerprint density at radius 1 is 1.00 bits per heavy atom. The van der Waals surface area contributed by atoms with Crippen molar-refractivity contribution in [3.05, 3.63) is 29.3 Å². The van der Waals surface area contributed by atoms with E-state index in [1.807, 2.05) is 0 Å². The molecule has 0 aromatic heterocycles. The van der Waals surface area contributed by atoms with Gasteiger partial charge in [0.05, 0.1) is 19.5 Å². The molecule has 0 spiro atoms. The van der Waals surface area contributed by atoms with Gasteiger partial charge in [-0.2, -0.15) is 8.42 Å². The fourth-order valence-electron chi connectivity index (χ4n) is 9.50. The van der Waals surface area contributed by atoms with Gasteiger partial charge in [-0.1, -0.05) is 13.0 Å². The van der Waals surface area contributed by atoms with Crippen LogP contribution in [0.5, 0.6) is 5.75 Å². The minimum Gasteiger partial charge on any atom is -0.491 e. The molecule has 1 heterocycles. The van der Waals surface area contributed by atoms with E-state index in [4.69, 9.17) is 18.4 Å². The van der Waals surface area contributed by atoms with Crippen molar-refractivity contribution in [1.82, 2.24) is 0 Å². The highest BCUT2D eigenvalue weighted by molar-refractivity contribution is 7.85. The van der Waals surface area contributed by atoms with Gasteiger partial charge in [-0.15, -0.1) is 0 Å². The molecule has 188 valence electrons. The highest BCUT2D eigenvalue weighted by Crippen LogP contribution is 2.83. The molecule has 1 saturated heterocycles. The predicted octanol–water partition coefficient (Wildman–Crippen LogP) is 4.81. The molecular weight excluding hydrogens is 452 g/mol. The Bertz CT molecular complexity index is 1070. The summed E-state index contributed by atoms with van der Waals surface area (Å²) in [5, 5.41) is 0. The highest BCUT2D eigenvalue weighted by atomic mass is 32.2. The van der Waals surface area contributed by atoms with Crippen molar-refractivity contribution in [2.24, 2.45) is 22.2 Å². The van der Waals surface area contributed by atoms with Crippen LogP contribution in [0.25, 0.3) is 0 Å². The zero-order chi connectivity index (χ0) is 23.8. The fourth-order valence-corrected chi connectivity index (χ4v) is 9.87. The van der Waals surface area contributed by atoms with E-state index in [0.717, 1.165) is 37.6 Å². The standard InChI is InChI=1S/C27H38O6S/c1-24-9-8-22-21-6-5-20(30-14-17-33-34(3,28)29)18-19(21)4-7-23(22)26(24)10-12-27(24,13-11-26)25(2)31-15-16-32-25/h5-6,18,22-23H,4,7-17H2,1-3H3/t22-,23-,24+,26?,27?/m1/s1. The van der Waals surface area contributed by atoms with Gasteiger partial charge in [-0.05, 0) is 104 Å². The number of benzene rings is 1. The molecule has 0 amide bonds. The summed E-state index contributed by atoms with van der Waals surface area (Å²) in [5.41, 5.74) is 3.73. The van der Waals surface area contributed by atoms with E-state index in [0.29, 0.717) is 11.3 Å². The summed E-state index contributed by atoms with van der Waals surface area (Å²) in [6.45, 7) is 6.54. The van der Waals surface area contributed by atoms with Crippen LogP contribution in [0, 0.1) is 22.2 Å². The zero-order valence-corrected chi connectivity index (χ0v) is 21.5. The number of fused-ring (bicyclic) bond motifs is 3. The molecule has 6 nitrogen and oxygen atoms in total. The van der Waals surface area contributed by atoms with Gasteiger partial charge in [0.1, 0.15) is 19.0 Å². The van der Waals surface area contributed by atoms with Crippen molar-refractivity contribution in [1.29, 1.82) is 0 Å². The van der Waals surface area contributed by atoms with E-state index in [-0.39, 0.29) is 24.0 Å². The minimum atomic E-state index is -3.43. The summed E-state index contributed by atoms with van der Waals surface area (Å²) < 4.78 is 45.6. The first kappa shape index (κ1) is 23.3. The number of rotatable bonds is 6. The van der Waals surface area contributed by atoms with Gasteiger partial charge in [0.2, 0.25) is 0 Å². The van der Waals surface area contributed by atoms with Gasteiger partial charge in [0.25, 0.3) is 10.1 Å². The Hall–Kier alpha value is -1.15. The molecule has 3 atom stereocenters. The van der Waals surface area contributed by atoms with Crippen molar-refractivity contribution < 1.29 is 26.8 Å². The molecule has 7 heteroatoms. The number of ether oxygens (including phenoxy) is 3. The normalized spacial score (nSPS) is 40.0. The minimum absolute atomic E-state index is 0.0375. The van der Waals surface area contributed by atoms with Gasteiger partial charge in [0.15, 0.2) is 5.79 Å². The molecule has 1 aliphatic heterocycles. The monoisotopic (exact) mass is 490 g/mol. The lowest BCUT2D eigenvalue weighted by Gasteiger charge is -2.59. The number of hydrogen-bond acceptors (Lipinski definition) is 6. The maximum Gasteiger partial charge on any atom is 0.264 e. The molecule has 34 heavy (non-hydrogen) atoms. The Morgan fingerprint density at radius 2 is 1.74 bits per heavy atom. The summed E-state index contributed by atoms with van der Waals surface area (Å²) in [7, 11) is -3.43. The van der Waals surface area contributed by atoms with Crippen molar-refractivity contribution >= 4 is 10.1 Å². The second kappa shape index (κ2) is 7.67. The van der Waals surface area contributed by atoms with Crippen LogP contribution in [-0.4, -0.2) is 46.9 Å². The van der Waals surface area contributed by atoms with Crippen molar-refractivity contribution in [2.45, 2.75) is 76.9 Å². The Balaban J connectivity index is 1.23. The molecule has 3 saturated carbocycles. The predicted molar refractivity (Wildman–Crippen MR) is 128 cm³/mol. The summed E-state index contributed by atoms with van der Waals surface area (Å²) in [6, 6.07) is 6.51. The molecule has 0 unspecified atom stereocenters. The van der Waals surface area contributed by atoms with Crippen molar-refractivity contribution in [2.75, 3.05) is 32.7 Å². The Labute approximate surface area is 203 Å². The van der Waals surface area contributed by atoms with Crippen LogP contribution in [0.2, 0.25) is 0 Å². The van der Waals surface area contributed by atoms with Gasteiger partial charge >= 0.3 is 0 Å².